The number of hydrogen-bond donors (Lipinski definition) is 1. The second kappa shape index (κ2) is 10.9. The van der Waals surface area contributed by atoms with Gasteiger partial charge >= 0.3 is 5.97 Å². The van der Waals surface area contributed by atoms with E-state index in [2.05, 4.69) is 6.92 Å². The smallest absolute Gasteiger partial charge is 0.343 e. The normalized spacial score (nSPS) is 9.67. The third-order valence-electron chi connectivity index (χ3n) is 4.01. The molecule has 3 aromatic rings. The molecule has 0 aromatic heterocycles. The fourth-order valence-corrected chi connectivity index (χ4v) is 2.73. The van der Waals surface area contributed by atoms with Crippen LogP contribution in [0.1, 0.15) is 29.3 Å². The topological polar surface area (TPSA) is 46.5 Å². The van der Waals surface area contributed by atoms with Crippen LogP contribution >= 0.6 is 12.4 Å². The molecule has 0 aliphatic heterocycles. The predicted molar refractivity (Wildman–Crippen MR) is 106 cm³/mol. The molecule has 0 heterocycles. The summed E-state index contributed by atoms with van der Waals surface area (Å²) in [6.45, 7) is 2.12. The molecule has 0 atom stereocenters. The van der Waals surface area contributed by atoms with Gasteiger partial charge < -0.3 is 9.84 Å². The fourth-order valence-electron chi connectivity index (χ4n) is 2.73. The first-order chi connectivity index (χ1) is 12.2. The van der Waals surface area contributed by atoms with Gasteiger partial charge in [0, 0.05) is 32.8 Å². The largest absolute Gasteiger partial charge is 0.507 e. The minimum Gasteiger partial charge on any atom is -0.507 e. The Bertz CT molecular complexity index is 879. The van der Waals surface area contributed by atoms with Crippen LogP contribution in [0.3, 0.4) is 0 Å². The third-order valence-corrected chi connectivity index (χ3v) is 4.01. The summed E-state index contributed by atoms with van der Waals surface area (Å²) in [6.07, 6.45) is 2.06. The first kappa shape index (κ1) is 23.0. The van der Waals surface area contributed by atoms with E-state index in [1.165, 1.54) is 5.56 Å². The molecule has 3 aromatic carbocycles. The second-order valence-corrected chi connectivity index (χ2v) is 5.85. The molecule has 0 amide bonds. The van der Waals surface area contributed by atoms with Crippen LogP contribution in [0.4, 0.5) is 0 Å². The Morgan fingerprint density at radius 1 is 0.889 bits per heavy atom. The number of para-hydroxylation sites is 2. The van der Waals surface area contributed by atoms with Crippen LogP contribution in [0, 0.1) is 0 Å². The molecule has 138 valence electrons. The van der Waals surface area contributed by atoms with Crippen molar-refractivity contribution in [2.75, 3.05) is 0 Å². The Labute approximate surface area is 180 Å². The summed E-state index contributed by atoms with van der Waals surface area (Å²) in [7, 11) is 0. The van der Waals surface area contributed by atoms with Gasteiger partial charge in [-0.15, -0.1) is 12.4 Å². The van der Waals surface area contributed by atoms with Crippen LogP contribution in [0.2, 0.25) is 0 Å². The van der Waals surface area contributed by atoms with Crippen molar-refractivity contribution in [2.45, 2.75) is 19.8 Å². The molecular formula is C22H21ClO3Ti. The molecule has 0 fully saturated rings. The first-order valence-corrected chi connectivity index (χ1v) is 8.37. The molecule has 0 bridgehead atoms. The molecule has 5 heteroatoms. The average molecular weight is 417 g/mol. The number of hydrogen-bond acceptors (Lipinski definition) is 3. The van der Waals surface area contributed by atoms with E-state index < -0.39 is 5.97 Å². The van der Waals surface area contributed by atoms with Crippen molar-refractivity contribution < 1.29 is 36.4 Å². The van der Waals surface area contributed by atoms with Gasteiger partial charge in [-0.25, -0.2) is 4.79 Å². The maximum Gasteiger partial charge on any atom is 0.343 e. The van der Waals surface area contributed by atoms with Crippen molar-refractivity contribution in [3.8, 4) is 22.6 Å². The molecule has 0 saturated heterocycles. The van der Waals surface area contributed by atoms with Crippen molar-refractivity contribution in [1.29, 1.82) is 0 Å². The van der Waals surface area contributed by atoms with E-state index in [0.717, 1.165) is 12.8 Å². The van der Waals surface area contributed by atoms with Gasteiger partial charge in [-0.1, -0.05) is 61.9 Å². The maximum atomic E-state index is 12.5. The SMILES string of the molecule is CCCc1ccc(C(=O)Oc2ccccc2-c2ccccc2O)cc1.Cl.[Ti]. The summed E-state index contributed by atoms with van der Waals surface area (Å²) in [5.41, 5.74) is 3.02. The third kappa shape index (κ3) is 5.70. The van der Waals surface area contributed by atoms with E-state index in [9.17, 15) is 9.90 Å². The van der Waals surface area contributed by atoms with E-state index in [0.29, 0.717) is 22.4 Å². The van der Waals surface area contributed by atoms with E-state index in [1.54, 1.807) is 42.5 Å². The zero-order valence-corrected chi connectivity index (χ0v) is 17.4. The maximum absolute atomic E-state index is 12.5. The van der Waals surface area contributed by atoms with Gasteiger partial charge in [0.05, 0.1) is 5.56 Å². The van der Waals surface area contributed by atoms with Gasteiger partial charge in [0.25, 0.3) is 0 Å². The van der Waals surface area contributed by atoms with Crippen LogP contribution in [-0.4, -0.2) is 11.1 Å². The Morgan fingerprint density at radius 2 is 1.48 bits per heavy atom. The minimum absolute atomic E-state index is 0. The molecule has 27 heavy (non-hydrogen) atoms. The van der Waals surface area contributed by atoms with Crippen molar-refractivity contribution >= 4 is 18.4 Å². The van der Waals surface area contributed by atoms with E-state index in [1.807, 2.05) is 30.3 Å². The average Bonchev–Trinajstić information content (AvgIpc) is 2.64. The van der Waals surface area contributed by atoms with E-state index in [-0.39, 0.29) is 39.9 Å². The van der Waals surface area contributed by atoms with Gasteiger partial charge in [-0.3, -0.25) is 0 Å². The van der Waals surface area contributed by atoms with Gasteiger partial charge in [0.15, 0.2) is 0 Å². The van der Waals surface area contributed by atoms with Crippen LogP contribution < -0.4 is 4.74 Å². The predicted octanol–water partition coefficient (Wildman–Crippen LogP) is 5.65. The minimum atomic E-state index is -0.411. The summed E-state index contributed by atoms with van der Waals surface area (Å²) in [5.74, 6) is 0.160. The summed E-state index contributed by atoms with van der Waals surface area (Å²) in [6, 6.07) is 21.7. The van der Waals surface area contributed by atoms with Crippen LogP contribution in [0.25, 0.3) is 11.1 Å². The summed E-state index contributed by atoms with van der Waals surface area (Å²) >= 11 is 0. The quantitative estimate of drug-likeness (QED) is 0.332. The molecule has 3 nitrogen and oxygen atoms in total. The number of phenols is 1. The van der Waals surface area contributed by atoms with Crippen molar-refractivity contribution in [2.24, 2.45) is 0 Å². The van der Waals surface area contributed by atoms with Crippen molar-refractivity contribution in [1.82, 2.24) is 0 Å². The van der Waals surface area contributed by atoms with Crippen molar-refractivity contribution in [3.63, 3.8) is 0 Å². The fraction of sp³-hybridized carbons (Fsp3) is 0.136. The number of benzene rings is 3. The molecule has 0 unspecified atom stereocenters. The summed E-state index contributed by atoms with van der Waals surface area (Å²) in [5, 5.41) is 10.1. The number of carbonyl (C=O) groups is 1. The van der Waals surface area contributed by atoms with E-state index in [4.69, 9.17) is 4.74 Å². The number of esters is 1. The first-order valence-electron chi connectivity index (χ1n) is 8.37. The molecule has 0 aliphatic carbocycles. The Hall–Kier alpha value is -2.07. The Balaban J connectivity index is 0.00000182. The number of phenolic OH excluding ortho intramolecular Hbond substituents is 1. The van der Waals surface area contributed by atoms with Crippen molar-refractivity contribution in [3.05, 3.63) is 83.9 Å². The number of carbonyl (C=O) groups excluding carboxylic acids is 1. The van der Waals surface area contributed by atoms with Crippen LogP contribution in [0.5, 0.6) is 11.5 Å². The second-order valence-electron chi connectivity index (χ2n) is 5.85. The van der Waals surface area contributed by atoms with Gasteiger partial charge in [-0.05, 0) is 36.2 Å². The Morgan fingerprint density at radius 3 is 2.11 bits per heavy atom. The molecule has 0 saturated carbocycles. The van der Waals surface area contributed by atoms with Gasteiger partial charge in [0.1, 0.15) is 11.5 Å². The number of rotatable bonds is 5. The number of ether oxygens (including phenoxy) is 1. The van der Waals surface area contributed by atoms with Gasteiger partial charge in [0.2, 0.25) is 0 Å². The van der Waals surface area contributed by atoms with Crippen LogP contribution in [-0.2, 0) is 28.1 Å². The summed E-state index contributed by atoms with van der Waals surface area (Å²) in [4.78, 5) is 12.5. The number of halogens is 1. The molecular weight excluding hydrogens is 396 g/mol. The molecule has 1 N–H and O–H groups in total. The zero-order valence-electron chi connectivity index (χ0n) is 15.0. The van der Waals surface area contributed by atoms with Crippen LogP contribution in [0.15, 0.2) is 72.8 Å². The Kier molecular flexibility index (Phi) is 9.30. The summed E-state index contributed by atoms with van der Waals surface area (Å²) < 4.78 is 5.59. The standard InChI is InChI=1S/C22H20O3.ClH.Ti/c1-2-7-16-12-14-17(15-13-16)22(24)25-21-11-6-4-9-19(21)18-8-3-5-10-20(18)23;;/h3-6,8-15,23H,2,7H2,1H3;1H;. The monoisotopic (exact) mass is 416 g/mol. The molecule has 0 spiro atoms. The van der Waals surface area contributed by atoms with E-state index >= 15 is 0 Å². The zero-order chi connectivity index (χ0) is 17.6. The molecule has 3 rings (SSSR count). The number of aromatic hydroxyl groups is 1. The van der Waals surface area contributed by atoms with Gasteiger partial charge in [-0.2, -0.15) is 0 Å². The number of aryl methyl sites for hydroxylation is 1. The molecule has 0 radical (unpaired) electrons. The molecule has 0 aliphatic rings.